The van der Waals surface area contributed by atoms with Crippen molar-refractivity contribution in [1.82, 2.24) is 0 Å². The molecule has 0 atom stereocenters. The van der Waals surface area contributed by atoms with Crippen molar-refractivity contribution >= 4 is 15.8 Å². The van der Waals surface area contributed by atoms with Crippen molar-refractivity contribution in [2.45, 2.75) is 10.6 Å². The quantitative estimate of drug-likeness (QED) is 0.753. The summed E-state index contributed by atoms with van der Waals surface area (Å²) >= 11 is 0. The molecule has 25 heavy (non-hydrogen) atoms. The highest BCUT2D eigenvalue weighted by Gasteiger charge is 2.16. The molecule has 126 valence electrons. The molecular formula is C20H16O4S. The number of benzene rings is 3. The normalized spacial score (nSPS) is 11.2. The molecule has 5 heteroatoms. The number of carboxylic acids is 1. The molecule has 0 aliphatic heterocycles. The van der Waals surface area contributed by atoms with Crippen LogP contribution in [-0.4, -0.2) is 19.5 Å². The van der Waals surface area contributed by atoms with E-state index in [4.69, 9.17) is 5.11 Å². The van der Waals surface area contributed by atoms with Gasteiger partial charge < -0.3 is 5.11 Å². The Bertz CT molecular complexity index is 991. The van der Waals surface area contributed by atoms with Crippen LogP contribution in [0, 0.1) is 0 Å². The molecule has 0 amide bonds. The van der Waals surface area contributed by atoms with Gasteiger partial charge in [-0.3, -0.25) is 0 Å². The van der Waals surface area contributed by atoms with Gasteiger partial charge in [-0.1, -0.05) is 54.6 Å². The number of rotatable bonds is 5. The Morgan fingerprint density at radius 3 is 2.08 bits per heavy atom. The third-order valence-corrected chi connectivity index (χ3v) is 5.55. The lowest BCUT2D eigenvalue weighted by molar-refractivity contribution is 0.0696. The minimum Gasteiger partial charge on any atom is -0.478 e. The highest BCUT2D eigenvalue weighted by molar-refractivity contribution is 7.90. The molecule has 0 radical (unpaired) electrons. The third kappa shape index (κ3) is 3.95. The molecule has 0 aliphatic rings. The van der Waals surface area contributed by atoms with Crippen molar-refractivity contribution in [3.63, 3.8) is 0 Å². The largest absolute Gasteiger partial charge is 0.478 e. The highest BCUT2D eigenvalue weighted by atomic mass is 32.2. The standard InChI is InChI=1S/C20H16O4S/c21-20(22)18-8-4-5-15(13-18)14-25(23,24)19-11-9-17(10-12-19)16-6-2-1-3-7-16/h1-13H,14H2,(H,21,22). The van der Waals surface area contributed by atoms with Crippen LogP contribution in [0.2, 0.25) is 0 Å². The van der Waals surface area contributed by atoms with Crippen LogP contribution in [0.1, 0.15) is 15.9 Å². The van der Waals surface area contributed by atoms with E-state index in [1.807, 2.05) is 30.3 Å². The van der Waals surface area contributed by atoms with Crippen LogP contribution in [0.4, 0.5) is 0 Å². The average Bonchev–Trinajstić information content (AvgIpc) is 2.62. The maximum absolute atomic E-state index is 12.6. The molecular weight excluding hydrogens is 336 g/mol. The van der Waals surface area contributed by atoms with Crippen molar-refractivity contribution in [3.05, 3.63) is 90.0 Å². The molecule has 0 heterocycles. The van der Waals surface area contributed by atoms with E-state index in [0.717, 1.165) is 11.1 Å². The maximum atomic E-state index is 12.6. The van der Waals surface area contributed by atoms with E-state index in [2.05, 4.69) is 0 Å². The molecule has 0 aromatic heterocycles. The van der Waals surface area contributed by atoms with E-state index < -0.39 is 15.8 Å². The van der Waals surface area contributed by atoms with E-state index in [-0.39, 0.29) is 16.2 Å². The average molecular weight is 352 g/mol. The third-order valence-electron chi connectivity index (χ3n) is 3.85. The van der Waals surface area contributed by atoms with Crippen molar-refractivity contribution < 1.29 is 18.3 Å². The lowest BCUT2D eigenvalue weighted by atomic mass is 10.1. The van der Waals surface area contributed by atoms with Gasteiger partial charge in [-0.25, -0.2) is 13.2 Å². The van der Waals surface area contributed by atoms with Gasteiger partial charge in [0, 0.05) is 0 Å². The van der Waals surface area contributed by atoms with Crippen LogP contribution >= 0.6 is 0 Å². The molecule has 0 fully saturated rings. The lowest BCUT2D eigenvalue weighted by Crippen LogP contribution is -2.06. The molecule has 0 saturated carbocycles. The Kier molecular flexibility index (Phi) is 4.67. The second-order valence-electron chi connectivity index (χ2n) is 5.66. The minimum atomic E-state index is -3.55. The van der Waals surface area contributed by atoms with Crippen molar-refractivity contribution in [2.24, 2.45) is 0 Å². The topological polar surface area (TPSA) is 71.4 Å². The fourth-order valence-electron chi connectivity index (χ4n) is 2.58. The number of aromatic carboxylic acids is 1. The molecule has 0 spiro atoms. The molecule has 0 unspecified atom stereocenters. The molecule has 4 nitrogen and oxygen atoms in total. The summed E-state index contributed by atoms with van der Waals surface area (Å²) in [7, 11) is -3.55. The first-order chi connectivity index (χ1) is 12.0. The Morgan fingerprint density at radius 2 is 1.44 bits per heavy atom. The van der Waals surface area contributed by atoms with Crippen LogP contribution in [0.15, 0.2) is 83.8 Å². The maximum Gasteiger partial charge on any atom is 0.335 e. The Morgan fingerprint density at radius 1 is 0.800 bits per heavy atom. The first-order valence-corrected chi connectivity index (χ1v) is 9.31. The summed E-state index contributed by atoms with van der Waals surface area (Å²) in [5.41, 5.74) is 2.48. The Balaban J connectivity index is 1.85. The van der Waals surface area contributed by atoms with Crippen molar-refractivity contribution in [1.29, 1.82) is 0 Å². The monoisotopic (exact) mass is 352 g/mol. The van der Waals surface area contributed by atoms with E-state index in [1.54, 1.807) is 36.4 Å². The number of hydrogen-bond donors (Lipinski definition) is 1. The zero-order chi connectivity index (χ0) is 17.9. The SMILES string of the molecule is O=C(O)c1cccc(CS(=O)(=O)c2ccc(-c3ccccc3)cc2)c1. The number of carbonyl (C=O) groups is 1. The van der Waals surface area contributed by atoms with Crippen LogP contribution in [0.5, 0.6) is 0 Å². The summed E-state index contributed by atoms with van der Waals surface area (Å²) in [5.74, 6) is -1.31. The smallest absolute Gasteiger partial charge is 0.335 e. The molecule has 3 aromatic rings. The van der Waals surface area contributed by atoms with Gasteiger partial charge in [0.05, 0.1) is 16.2 Å². The molecule has 3 aromatic carbocycles. The summed E-state index contributed by atoms with van der Waals surface area (Å²) in [6, 6.07) is 22.4. The van der Waals surface area contributed by atoms with Crippen molar-refractivity contribution in [2.75, 3.05) is 0 Å². The first kappa shape index (κ1) is 16.9. The van der Waals surface area contributed by atoms with Crippen LogP contribution in [0.3, 0.4) is 0 Å². The van der Waals surface area contributed by atoms with Crippen LogP contribution in [-0.2, 0) is 15.6 Å². The van der Waals surface area contributed by atoms with E-state index >= 15 is 0 Å². The summed E-state index contributed by atoms with van der Waals surface area (Å²) in [6.45, 7) is 0. The molecule has 0 bridgehead atoms. The van der Waals surface area contributed by atoms with Gasteiger partial charge in [0.1, 0.15) is 0 Å². The van der Waals surface area contributed by atoms with Gasteiger partial charge in [-0.2, -0.15) is 0 Å². The van der Waals surface area contributed by atoms with Gasteiger partial charge in [0.2, 0.25) is 0 Å². The Labute approximate surface area is 146 Å². The lowest BCUT2D eigenvalue weighted by Gasteiger charge is -2.07. The minimum absolute atomic E-state index is 0.0760. The fraction of sp³-hybridized carbons (Fsp3) is 0.0500. The molecule has 0 saturated heterocycles. The van der Waals surface area contributed by atoms with Gasteiger partial charge in [0.25, 0.3) is 0 Å². The molecule has 3 rings (SSSR count). The second kappa shape index (κ2) is 6.91. The van der Waals surface area contributed by atoms with Crippen LogP contribution in [0.25, 0.3) is 11.1 Å². The van der Waals surface area contributed by atoms with Gasteiger partial charge in [0.15, 0.2) is 9.84 Å². The predicted molar refractivity (Wildman–Crippen MR) is 96.2 cm³/mol. The number of sulfone groups is 1. The zero-order valence-corrected chi connectivity index (χ0v) is 14.1. The van der Waals surface area contributed by atoms with E-state index in [1.165, 1.54) is 12.1 Å². The van der Waals surface area contributed by atoms with Crippen molar-refractivity contribution in [3.8, 4) is 11.1 Å². The second-order valence-corrected chi connectivity index (χ2v) is 7.64. The summed E-state index contributed by atoms with van der Waals surface area (Å²) in [5, 5.41) is 9.01. The summed E-state index contributed by atoms with van der Waals surface area (Å²) in [6.07, 6.45) is 0. The fourth-order valence-corrected chi connectivity index (χ4v) is 3.92. The van der Waals surface area contributed by atoms with E-state index in [9.17, 15) is 13.2 Å². The predicted octanol–water partition coefficient (Wildman–Crippen LogP) is 4.03. The molecule has 1 N–H and O–H groups in total. The first-order valence-electron chi connectivity index (χ1n) is 7.66. The molecule has 0 aliphatic carbocycles. The Hall–Kier alpha value is -2.92. The summed E-state index contributed by atoms with van der Waals surface area (Å²) in [4.78, 5) is 11.2. The van der Waals surface area contributed by atoms with Gasteiger partial charge >= 0.3 is 5.97 Å². The number of carboxylic acid groups (broad SMARTS) is 1. The summed E-state index contributed by atoms with van der Waals surface area (Å²) < 4.78 is 25.2. The number of hydrogen-bond acceptors (Lipinski definition) is 3. The van der Waals surface area contributed by atoms with Crippen LogP contribution < -0.4 is 0 Å². The van der Waals surface area contributed by atoms with Gasteiger partial charge in [-0.15, -0.1) is 0 Å². The zero-order valence-electron chi connectivity index (χ0n) is 13.3. The highest BCUT2D eigenvalue weighted by Crippen LogP contribution is 2.23. The van der Waals surface area contributed by atoms with Gasteiger partial charge in [-0.05, 0) is 41.0 Å². The van der Waals surface area contributed by atoms with E-state index in [0.29, 0.717) is 5.56 Å².